The smallest absolute Gasteiger partial charge is 0.211 e. The summed E-state index contributed by atoms with van der Waals surface area (Å²) in [5.41, 5.74) is 8.02. The molecule has 4 aromatic rings. The fraction of sp³-hybridized carbons (Fsp3) is 0.282. The Morgan fingerprint density at radius 3 is 1.91 bits per heavy atom. The minimum absolute atomic E-state index is 0.131. The van der Waals surface area contributed by atoms with E-state index < -0.39 is 0 Å². The number of amides is 1. The van der Waals surface area contributed by atoms with E-state index in [9.17, 15) is 9.18 Å². The average molecular weight is 613 g/mol. The van der Waals surface area contributed by atoms with Gasteiger partial charge in [-0.05, 0) is 84.8 Å². The zero-order valence-corrected chi connectivity index (χ0v) is 27.6. The van der Waals surface area contributed by atoms with E-state index in [1.165, 1.54) is 28.5 Å². The van der Waals surface area contributed by atoms with Gasteiger partial charge in [-0.25, -0.2) is 4.39 Å². The molecule has 0 aliphatic heterocycles. The largest absolute Gasteiger partial charge is 0.381 e. The first kappa shape index (κ1) is 38.5. The Hall–Kier alpha value is -4.55. The van der Waals surface area contributed by atoms with Gasteiger partial charge in [-0.3, -0.25) is 9.59 Å². The van der Waals surface area contributed by atoms with Crippen molar-refractivity contribution in [2.75, 3.05) is 12.4 Å². The molecule has 45 heavy (non-hydrogen) atoms. The number of nitrogens with one attached hydrogen (secondary N) is 1. The highest BCUT2D eigenvalue weighted by Gasteiger charge is 2.24. The molecule has 6 heteroatoms. The molecule has 1 atom stereocenters. The Morgan fingerprint density at radius 1 is 0.889 bits per heavy atom. The van der Waals surface area contributed by atoms with Crippen molar-refractivity contribution in [1.82, 2.24) is 4.57 Å². The van der Waals surface area contributed by atoms with Gasteiger partial charge in [-0.2, -0.15) is 0 Å². The Balaban J connectivity index is 0.000000558. The van der Waals surface area contributed by atoms with Gasteiger partial charge < -0.3 is 14.6 Å². The van der Waals surface area contributed by atoms with Crippen LogP contribution in [0.15, 0.2) is 110 Å². The number of anilines is 1. The summed E-state index contributed by atoms with van der Waals surface area (Å²) in [6.07, 6.45) is 6.25. The maximum absolute atomic E-state index is 13.7. The predicted molar refractivity (Wildman–Crippen MR) is 188 cm³/mol. The molecule has 0 unspecified atom stereocenters. The maximum atomic E-state index is 13.7. The number of benzene rings is 3. The van der Waals surface area contributed by atoms with Crippen LogP contribution in [0.4, 0.5) is 10.1 Å². The number of halogens is 1. The average Bonchev–Trinajstić information content (AvgIpc) is 3.37. The van der Waals surface area contributed by atoms with Crippen LogP contribution < -0.4 is 5.32 Å². The van der Waals surface area contributed by atoms with Crippen LogP contribution in [0.5, 0.6) is 0 Å². The predicted octanol–water partition coefficient (Wildman–Crippen LogP) is 10.0. The number of carbonyl (C=O) groups excluding carboxylic acids is 2. The van der Waals surface area contributed by atoms with E-state index in [-0.39, 0.29) is 11.9 Å². The summed E-state index contributed by atoms with van der Waals surface area (Å²) in [6.45, 7) is 18.5. The van der Waals surface area contributed by atoms with E-state index in [4.69, 9.17) is 9.53 Å². The van der Waals surface area contributed by atoms with E-state index in [0.29, 0.717) is 18.6 Å². The zero-order valence-electron chi connectivity index (χ0n) is 27.6. The molecule has 0 aliphatic carbocycles. The van der Waals surface area contributed by atoms with Gasteiger partial charge in [0.05, 0.1) is 11.8 Å². The van der Waals surface area contributed by atoms with E-state index in [2.05, 4.69) is 68.1 Å². The van der Waals surface area contributed by atoms with Gasteiger partial charge in [-0.1, -0.05) is 88.9 Å². The van der Waals surface area contributed by atoms with Crippen molar-refractivity contribution in [2.45, 2.75) is 66.0 Å². The molecule has 0 spiro atoms. The van der Waals surface area contributed by atoms with Crippen molar-refractivity contribution < 1.29 is 18.7 Å². The molecule has 1 heterocycles. The van der Waals surface area contributed by atoms with Crippen molar-refractivity contribution >= 4 is 18.4 Å². The van der Waals surface area contributed by atoms with Gasteiger partial charge in [-0.15, -0.1) is 6.58 Å². The first-order valence-corrected chi connectivity index (χ1v) is 15.3. The number of aldehydes is 1. The molecule has 0 saturated heterocycles. The number of hydrogen-bond donors (Lipinski definition) is 1. The molecule has 1 aromatic heterocycles. The quantitative estimate of drug-likeness (QED) is 0.0984. The van der Waals surface area contributed by atoms with Gasteiger partial charge in [0.25, 0.3) is 0 Å². The van der Waals surface area contributed by atoms with Crippen molar-refractivity contribution in [3.05, 3.63) is 127 Å². The summed E-state index contributed by atoms with van der Waals surface area (Å²) in [5.74, 6) is 0.145. The number of para-hydroxylation sites is 1. The number of allylic oxidation sites excluding steroid dienone is 1. The topological polar surface area (TPSA) is 60.3 Å². The molecule has 0 fully saturated rings. The van der Waals surface area contributed by atoms with E-state index in [1.54, 1.807) is 19.2 Å². The van der Waals surface area contributed by atoms with Crippen LogP contribution in [0.25, 0.3) is 22.4 Å². The lowest BCUT2D eigenvalue weighted by atomic mass is 9.96. The minimum atomic E-state index is -0.218. The first-order chi connectivity index (χ1) is 21.8. The molecule has 1 N–H and O–H groups in total. The number of ether oxygens (including phenoxy) is 1. The molecule has 4 rings (SSSR count). The molecule has 240 valence electrons. The minimum Gasteiger partial charge on any atom is -0.381 e. The summed E-state index contributed by atoms with van der Waals surface area (Å²) < 4.78 is 21.8. The van der Waals surface area contributed by atoms with Crippen molar-refractivity contribution in [3.8, 4) is 22.4 Å². The monoisotopic (exact) mass is 612 g/mol. The number of aromatic nitrogens is 1. The first-order valence-electron chi connectivity index (χ1n) is 15.3. The summed E-state index contributed by atoms with van der Waals surface area (Å²) in [7, 11) is 1.76. The molecular weight excluding hydrogens is 563 g/mol. The molecule has 1 amide bonds. The van der Waals surface area contributed by atoms with Gasteiger partial charge in [0.2, 0.25) is 6.41 Å². The number of carbonyl (C=O) groups is 2. The Bertz CT molecular complexity index is 1410. The normalized spacial score (nSPS) is 10.5. The van der Waals surface area contributed by atoms with Gasteiger partial charge in [0.15, 0.2) is 0 Å². The Morgan fingerprint density at radius 2 is 1.44 bits per heavy atom. The van der Waals surface area contributed by atoms with Crippen LogP contribution in [-0.2, 0) is 20.9 Å². The third-order valence-corrected chi connectivity index (χ3v) is 6.82. The Kier molecular flexibility index (Phi) is 18.8. The number of methoxy groups -OCH3 is 1. The van der Waals surface area contributed by atoms with Crippen LogP contribution in [-0.4, -0.2) is 30.5 Å². The zero-order chi connectivity index (χ0) is 33.6. The molecule has 5 nitrogen and oxygen atoms in total. The molecule has 3 aromatic carbocycles. The van der Waals surface area contributed by atoms with Crippen LogP contribution in [0.3, 0.4) is 0 Å². The fourth-order valence-corrected chi connectivity index (χ4v) is 5.00. The number of hydrogen-bond acceptors (Lipinski definition) is 3. The van der Waals surface area contributed by atoms with Crippen LogP contribution >= 0.6 is 0 Å². The second-order valence-corrected chi connectivity index (χ2v) is 10.1. The molecular formula is C39H49FN2O3. The van der Waals surface area contributed by atoms with Crippen molar-refractivity contribution in [3.63, 3.8) is 0 Å². The summed E-state index contributed by atoms with van der Waals surface area (Å²) in [4.78, 5) is 18.9. The van der Waals surface area contributed by atoms with E-state index in [1.807, 2.05) is 68.5 Å². The van der Waals surface area contributed by atoms with E-state index in [0.717, 1.165) is 36.3 Å². The molecule has 0 radical (unpaired) electrons. The lowest BCUT2D eigenvalue weighted by Crippen LogP contribution is -2.15. The third kappa shape index (κ3) is 12.2. The maximum Gasteiger partial charge on any atom is 0.211 e. The van der Waals surface area contributed by atoms with Crippen molar-refractivity contribution in [1.29, 1.82) is 0 Å². The van der Waals surface area contributed by atoms with Crippen LogP contribution in [0.1, 0.15) is 57.7 Å². The highest BCUT2D eigenvalue weighted by Crippen LogP contribution is 2.41. The van der Waals surface area contributed by atoms with Gasteiger partial charge in [0.1, 0.15) is 12.1 Å². The van der Waals surface area contributed by atoms with Crippen LogP contribution in [0.2, 0.25) is 0 Å². The second-order valence-electron chi connectivity index (χ2n) is 10.1. The van der Waals surface area contributed by atoms with Crippen molar-refractivity contribution in [2.24, 2.45) is 0 Å². The molecule has 0 saturated carbocycles. The standard InChI is InChI=1S/C27H32FNO.C7H7NO.C3H4O.C2H6/c1-6-10-24(30-5)17-18-29-26(19(2)3)20(4)25(21-11-8-7-9-12-21)27(29)22-13-15-23(28)16-14-22;9-6-8-7-4-2-1-3-5-7;1-2-3-4;1-2/h6-9,11-16,19,24H,1,10,17-18H2,2-5H3;1-6H,(H,8,9);2-3H,1H2;1-2H3/t24-;;;/m0.../s1. The lowest BCUT2D eigenvalue weighted by Gasteiger charge is -2.20. The van der Waals surface area contributed by atoms with Gasteiger partial charge in [0, 0.05) is 30.6 Å². The highest BCUT2D eigenvalue weighted by atomic mass is 19.1. The summed E-state index contributed by atoms with van der Waals surface area (Å²) in [5, 5.41) is 2.53. The Labute approximate surface area is 269 Å². The summed E-state index contributed by atoms with van der Waals surface area (Å²) in [6, 6.07) is 26.6. The number of rotatable bonds is 12. The SMILES string of the molecule is C=CC=O.C=CC[C@@H](CCn1c(-c2ccc(F)cc2)c(-c2ccccc2)c(C)c1C(C)C)OC.CC.O=CNc1ccccc1. The van der Waals surface area contributed by atoms with Crippen LogP contribution in [0, 0.1) is 12.7 Å². The summed E-state index contributed by atoms with van der Waals surface area (Å²) >= 11 is 0. The van der Waals surface area contributed by atoms with E-state index >= 15 is 0 Å². The molecule has 0 bridgehead atoms. The highest BCUT2D eigenvalue weighted by molar-refractivity contribution is 5.85. The number of nitrogens with zero attached hydrogens (tertiary/aromatic N) is 1. The lowest BCUT2D eigenvalue weighted by molar-refractivity contribution is -0.105. The fourth-order valence-electron chi connectivity index (χ4n) is 5.00. The second kappa shape index (κ2) is 22.0. The molecule has 0 aliphatic rings. The third-order valence-electron chi connectivity index (χ3n) is 6.82. The van der Waals surface area contributed by atoms with Gasteiger partial charge >= 0.3 is 0 Å².